The average Bonchev–Trinajstić information content (AvgIpc) is 2.17. The molecule has 15 heavy (non-hydrogen) atoms. The second-order valence-corrected chi connectivity index (χ2v) is 4.46. The summed E-state index contributed by atoms with van der Waals surface area (Å²) in [4.78, 5) is 21.9. The molecule has 0 saturated heterocycles. The number of carboxylic acids is 1. The lowest BCUT2D eigenvalue weighted by molar-refractivity contribution is 0.0696. The third-order valence-corrected chi connectivity index (χ3v) is 2.46. The molecule has 0 saturated carbocycles. The van der Waals surface area contributed by atoms with Crippen LogP contribution >= 0.6 is 0 Å². The minimum Gasteiger partial charge on any atom is -0.478 e. The molecule has 80 valence electrons. The van der Waals surface area contributed by atoms with E-state index >= 15 is 0 Å². The highest BCUT2D eigenvalue weighted by Crippen LogP contribution is 2.05. The van der Waals surface area contributed by atoms with Crippen LogP contribution in [0.1, 0.15) is 20.7 Å². The summed E-state index contributed by atoms with van der Waals surface area (Å²) >= 11 is 0. The van der Waals surface area contributed by atoms with Crippen molar-refractivity contribution < 1.29 is 18.9 Å². The first-order valence-electron chi connectivity index (χ1n) is 4.17. The smallest absolute Gasteiger partial charge is 0.335 e. The number of hydrogen-bond acceptors (Lipinski definition) is 3. The molecule has 0 heterocycles. The highest BCUT2D eigenvalue weighted by Gasteiger charge is 2.09. The molecule has 1 unspecified atom stereocenters. The molecule has 1 rings (SSSR count). The minimum absolute atomic E-state index is 0.0353. The fraction of sp³-hybridized carbons (Fsp3) is 0.200. The third kappa shape index (κ3) is 3.28. The van der Waals surface area contributed by atoms with E-state index in [2.05, 4.69) is 0 Å². The normalized spacial score (nSPS) is 12.1. The average molecular weight is 226 g/mol. The highest BCUT2D eigenvalue weighted by molar-refractivity contribution is 7.85. The van der Waals surface area contributed by atoms with Gasteiger partial charge in [-0.05, 0) is 12.1 Å². The lowest BCUT2D eigenvalue weighted by Gasteiger charge is -1.99. The van der Waals surface area contributed by atoms with Crippen LogP contribution in [0.2, 0.25) is 0 Å². The Morgan fingerprint density at radius 2 is 1.67 bits per heavy atom. The molecule has 0 bridgehead atoms. The molecule has 4 nitrogen and oxygen atoms in total. The third-order valence-electron chi connectivity index (χ3n) is 1.79. The Morgan fingerprint density at radius 3 is 2.07 bits per heavy atom. The van der Waals surface area contributed by atoms with Gasteiger partial charge in [-0.1, -0.05) is 12.1 Å². The van der Waals surface area contributed by atoms with Crippen LogP contribution in [0.3, 0.4) is 0 Å². The van der Waals surface area contributed by atoms with Crippen LogP contribution in [0.25, 0.3) is 0 Å². The van der Waals surface area contributed by atoms with Gasteiger partial charge in [0.2, 0.25) is 0 Å². The van der Waals surface area contributed by atoms with Crippen molar-refractivity contribution in [3.63, 3.8) is 0 Å². The molecule has 1 atom stereocenters. The number of Topliss-reactive ketones (excluding diaryl/α,β-unsaturated/α-hetero) is 1. The van der Waals surface area contributed by atoms with Gasteiger partial charge < -0.3 is 5.11 Å². The van der Waals surface area contributed by atoms with Crippen LogP contribution in [0, 0.1) is 0 Å². The lowest BCUT2D eigenvalue weighted by Crippen LogP contribution is -2.09. The molecule has 0 aliphatic rings. The van der Waals surface area contributed by atoms with Gasteiger partial charge in [-0.25, -0.2) is 4.79 Å². The molecule has 0 fully saturated rings. The van der Waals surface area contributed by atoms with Crippen molar-refractivity contribution >= 4 is 22.6 Å². The molecule has 0 aromatic heterocycles. The van der Waals surface area contributed by atoms with Crippen LogP contribution < -0.4 is 0 Å². The van der Waals surface area contributed by atoms with Gasteiger partial charge in [-0.15, -0.1) is 0 Å². The number of aromatic carboxylic acids is 1. The molecule has 1 N–H and O–H groups in total. The Labute approximate surface area is 89.4 Å². The predicted octanol–water partition coefficient (Wildman–Crippen LogP) is 0.946. The van der Waals surface area contributed by atoms with Crippen LogP contribution in [0.4, 0.5) is 0 Å². The summed E-state index contributed by atoms with van der Waals surface area (Å²) in [6.07, 6.45) is 1.45. The number of benzene rings is 1. The van der Waals surface area contributed by atoms with Crippen molar-refractivity contribution in [3.8, 4) is 0 Å². The summed E-state index contributed by atoms with van der Waals surface area (Å²) in [6.45, 7) is 0. The first-order valence-corrected chi connectivity index (χ1v) is 5.90. The van der Waals surface area contributed by atoms with E-state index in [4.69, 9.17) is 5.11 Å². The van der Waals surface area contributed by atoms with Crippen molar-refractivity contribution in [2.24, 2.45) is 0 Å². The van der Waals surface area contributed by atoms with Crippen molar-refractivity contribution in [1.29, 1.82) is 0 Å². The van der Waals surface area contributed by atoms with Crippen molar-refractivity contribution in [1.82, 2.24) is 0 Å². The van der Waals surface area contributed by atoms with E-state index in [0.717, 1.165) is 0 Å². The monoisotopic (exact) mass is 226 g/mol. The zero-order chi connectivity index (χ0) is 11.4. The molecule has 0 radical (unpaired) electrons. The van der Waals surface area contributed by atoms with Gasteiger partial charge in [0.25, 0.3) is 0 Å². The largest absolute Gasteiger partial charge is 0.478 e. The Balaban J connectivity index is 2.84. The maximum atomic E-state index is 11.4. The van der Waals surface area contributed by atoms with Gasteiger partial charge in [0.15, 0.2) is 5.78 Å². The molecule has 0 amide bonds. The maximum absolute atomic E-state index is 11.4. The van der Waals surface area contributed by atoms with Gasteiger partial charge in [-0.3, -0.25) is 9.00 Å². The first kappa shape index (κ1) is 11.6. The fourth-order valence-electron chi connectivity index (χ4n) is 1.07. The second kappa shape index (κ2) is 4.84. The molecular formula is C10H10O4S. The van der Waals surface area contributed by atoms with Crippen molar-refractivity contribution in [2.45, 2.75) is 0 Å². The highest BCUT2D eigenvalue weighted by atomic mass is 32.2. The number of carbonyl (C=O) groups excluding carboxylic acids is 1. The van der Waals surface area contributed by atoms with Crippen LogP contribution in [0.5, 0.6) is 0 Å². The lowest BCUT2D eigenvalue weighted by atomic mass is 10.1. The van der Waals surface area contributed by atoms with E-state index in [9.17, 15) is 13.8 Å². The maximum Gasteiger partial charge on any atom is 0.335 e. The van der Waals surface area contributed by atoms with Crippen LogP contribution in [-0.2, 0) is 10.8 Å². The zero-order valence-electron chi connectivity index (χ0n) is 8.10. The van der Waals surface area contributed by atoms with Gasteiger partial charge in [0.1, 0.15) is 0 Å². The zero-order valence-corrected chi connectivity index (χ0v) is 8.91. The van der Waals surface area contributed by atoms with Crippen LogP contribution in [-0.4, -0.2) is 33.1 Å². The van der Waals surface area contributed by atoms with E-state index in [1.165, 1.54) is 30.5 Å². The fourth-order valence-corrected chi connectivity index (χ4v) is 1.60. The van der Waals surface area contributed by atoms with Crippen molar-refractivity contribution in [3.05, 3.63) is 35.4 Å². The number of hydrogen-bond donors (Lipinski definition) is 1. The number of rotatable bonds is 4. The van der Waals surface area contributed by atoms with E-state index in [1.807, 2.05) is 0 Å². The molecule has 1 aromatic rings. The van der Waals surface area contributed by atoms with E-state index in [-0.39, 0.29) is 17.1 Å². The number of carbonyl (C=O) groups is 2. The Bertz CT molecular complexity index is 408. The predicted molar refractivity (Wildman–Crippen MR) is 56.7 cm³/mol. The van der Waals surface area contributed by atoms with Gasteiger partial charge in [-0.2, -0.15) is 0 Å². The Morgan fingerprint density at radius 1 is 1.20 bits per heavy atom. The molecular weight excluding hydrogens is 216 g/mol. The SMILES string of the molecule is CS(=O)CC(=O)c1ccc(C(=O)O)cc1. The quantitative estimate of drug-likeness (QED) is 0.776. The molecule has 1 aromatic carbocycles. The topological polar surface area (TPSA) is 71.4 Å². The molecule has 0 aliphatic carbocycles. The van der Waals surface area contributed by atoms with Gasteiger partial charge in [0.05, 0.1) is 11.3 Å². The van der Waals surface area contributed by atoms with Gasteiger partial charge in [0, 0.05) is 22.6 Å². The number of carboxylic acid groups (broad SMARTS) is 1. The first-order chi connectivity index (χ1) is 7.00. The van der Waals surface area contributed by atoms with E-state index in [1.54, 1.807) is 0 Å². The summed E-state index contributed by atoms with van der Waals surface area (Å²) < 4.78 is 10.8. The number of ketones is 1. The molecule has 0 spiro atoms. The van der Waals surface area contributed by atoms with E-state index < -0.39 is 16.8 Å². The summed E-state index contributed by atoms with van der Waals surface area (Å²) in [5.41, 5.74) is 0.513. The summed E-state index contributed by atoms with van der Waals surface area (Å²) in [5.74, 6) is -1.31. The van der Waals surface area contributed by atoms with Crippen molar-refractivity contribution in [2.75, 3.05) is 12.0 Å². The summed E-state index contributed by atoms with van der Waals surface area (Å²) in [7, 11) is -1.18. The summed E-state index contributed by atoms with van der Waals surface area (Å²) in [6, 6.07) is 5.57. The molecule has 0 aliphatic heterocycles. The summed E-state index contributed by atoms with van der Waals surface area (Å²) in [5, 5.41) is 8.63. The Hall–Kier alpha value is -1.49. The second-order valence-electron chi connectivity index (χ2n) is 3.02. The standard InChI is InChI=1S/C10H10O4S/c1-15(14)6-9(11)7-2-4-8(5-3-7)10(12)13/h2-5H,6H2,1H3,(H,12,13). The Kier molecular flexibility index (Phi) is 3.74. The van der Waals surface area contributed by atoms with E-state index in [0.29, 0.717) is 5.56 Å². The minimum atomic E-state index is -1.18. The van der Waals surface area contributed by atoms with Crippen LogP contribution in [0.15, 0.2) is 24.3 Å². The molecule has 5 heteroatoms. The van der Waals surface area contributed by atoms with Gasteiger partial charge >= 0.3 is 5.97 Å².